The molecule has 2 aromatic carbocycles. The second-order valence-corrected chi connectivity index (χ2v) is 3.76. The average Bonchev–Trinajstić information content (AvgIpc) is 2.49. The van der Waals surface area contributed by atoms with Crippen LogP contribution in [0.3, 0.4) is 0 Å². The van der Waals surface area contributed by atoms with Gasteiger partial charge in [-0.3, -0.25) is 0 Å². The van der Waals surface area contributed by atoms with Crippen molar-refractivity contribution < 1.29 is 14.7 Å². The number of benzene rings is 2. The van der Waals surface area contributed by atoms with Gasteiger partial charge in [0.25, 0.3) is 0 Å². The molecule has 0 fully saturated rings. The van der Waals surface area contributed by atoms with Crippen molar-refractivity contribution in [3.8, 4) is 5.75 Å². The van der Waals surface area contributed by atoms with Crippen LogP contribution in [0, 0.1) is 0 Å². The molecule has 0 atom stereocenters. The quantitative estimate of drug-likeness (QED) is 0.822. The maximum atomic E-state index is 10.2. The first-order valence-corrected chi connectivity index (χ1v) is 5.73. The average molecular weight is 255 g/mol. The van der Waals surface area contributed by atoms with Gasteiger partial charge in [-0.1, -0.05) is 36.4 Å². The smallest absolute Gasteiger partial charge is 0.335 e. The van der Waals surface area contributed by atoms with Crippen molar-refractivity contribution in [2.75, 3.05) is 0 Å². The molecule has 19 heavy (non-hydrogen) atoms. The molecule has 0 saturated heterocycles. The summed E-state index contributed by atoms with van der Waals surface area (Å²) in [4.78, 5) is 15.3. The molecular weight excluding hydrogens is 242 g/mol. The highest BCUT2D eigenvalue weighted by molar-refractivity contribution is 5.87. The largest absolute Gasteiger partial charge is 0.478 e. The maximum absolute atomic E-state index is 10.2. The van der Waals surface area contributed by atoms with Crippen LogP contribution in [0.2, 0.25) is 0 Å². The number of hydrogen-bond donors (Lipinski definition) is 2. The Bertz CT molecular complexity index is 579. The molecular formula is C15H13NO3. The Morgan fingerprint density at radius 1 is 1.00 bits per heavy atom. The number of para-hydroxylation sites is 1. The van der Waals surface area contributed by atoms with E-state index in [0.29, 0.717) is 5.56 Å². The van der Waals surface area contributed by atoms with Gasteiger partial charge < -0.3 is 9.94 Å². The molecule has 1 aliphatic heterocycles. The van der Waals surface area contributed by atoms with Crippen LogP contribution in [0.5, 0.6) is 5.75 Å². The number of fused-ring (bicyclic) bond motifs is 1. The standard InChI is InChI=1S/C8H7NO.C7H6O2/c1-2-4-8-7(3-1)5-6-9-10-8;8-7(9)6-4-2-1-3-5-6/h1-6,9H;1-5H,(H,8,9). The number of carboxylic acids is 1. The van der Waals surface area contributed by atoms with Crippen molar-refractivity contribution in [3.05, 3.63) is 71.9 Å². The minimum atomic E-state index is -0.879. The van der Waals surface area contributed by atoms with Crippen molar-refractivity contribution >= 4 is 12.0 Å². The van der Waals surface area contributed by atoms with Crippen LogP contribution in [0.4, 0.5) is 0 Å². The van der Waals surface area contributed by atoms with Crippen LogP contribution in [0.15, 0.2) is 60.8 Å². The number of aromatic carboxylic acids is 1. The SMILES string of the molecule is C1=Cc2ccccc2ON1.O=C(O)c1ccccc1. The van der Waals surface area contributed by atoms with Crippen molar-refractivity contribution in [3.63, 3.8) is 0 Å². The lowest BCUT2D eigenvalue weighted by atomic mass is 10.2. The number of rotatable bonds is 1. The number of carbonyl (C=O) groups is 1. The highest BCUT2D eigenvalue weighted by Crippen LogP contribution is 2.20. The van der Waals surface area contributed by atoms with E-state index >= 15 is 0 Å². The van der Waals surface area contributed by atoms with E-state index in [1.165, 1.54) is 0 Å². The van der Waals surface area contributed by atoms with Crippen LogP contribution >= 0.6 is 0 Å². The lowest BCUT2D eigenvalue weighted by Gasteiger charge is -2.11. The summed E-state index contributed by atoms with van der Waals surface area (Å²) in [5.41, 5.74) is 4.10. The summed E-state index contributed by atoms with van der Waals surface area (Å²) in [5.74, 6) is 0.000556. The Hall–Kier alpha value is -2.75. The highest BCUT2D eigenvalue weighted by atomic mass is 16.6. The predicted molar refractivity (Wildman–Crippen MR) is 72.6 cm³/mol. The molecule has 3 rings (SSSR count). The van der Waals surface area contributed by atoms with Gasteiger partial charge in [0.05, 0.1) is 5.56 Å². The molecule has 0 aliphatic carbocycles. The van der Waals surface area contributed by atoms with Gasteiger partial charge in [-0.2, -0.15) is 0 Å². The molecule has 4 nitrogen and oxygen atoms in total. The van der Waals surface area contributed by atoms with Crippen molar-refractivity contribution in [1.29, 1.82) is 0 Å². The summed E-state index contributed by atoms with van der Waals surface area (Å²) in [6.45, 7) is 0. The van der Waals surface area contributed by atoms with Gasteiger partial charge in [0.1, 0.15) is 0 Å². The number of hydrogen-bond acceptors (Lipinski definition) is 3. The highest BCUT2D eigenvalue weighted by Gasteiger charge is 2.01. The van der Waals surface area contributed by atoms with Crippen molar-refractivity contribution in [2.24, 2.45) is 0 Å². The van der Waals surface area contributed by atoms with Crippen molar-refractivity contribution in [1.82, 2.24) is 5.48 Å². The second-order valence-electron chi connectivity index (χ2n) is 3.76. The van der Waals surface area contributed by atoms with Crippen molar-refractivity contribution in [2.45, 2.75) is 0 Å². The summed E-state index contributed by atoms with van der Waals surface area (Å²) < 4.78 is 0. The fraction of sp³-hybridized carbons (Fsp3) is 0. The molecule has 96 valence electrons. The zero-order valence-electron chi connectivity index (χ0n) is 10.1. The van der Waals surface area contributed by atoms with Gasteiger partial charge in [0.2, 0.25) is 0 Å². The third kappa shape index (κ3) is 3.61. The van der Waals surface area contributed by atoms with E-state index in [0.717, 1.165) is 11.3 Å². The first-order chi connectivity index (χ1) is 9.27. The van der Waals surface area contributed by atoms with Crippen LogP contribution in [0.25, 0.3) is 6.08 Å². The van der Waals surface area contributed by atoms with Crippen LogP contribution < -0.4 is 10.3 Å². The van der Waals surface area contributed by atoms with E-state index in [-0.39, 0.29) is 0 Å². The molecule has 1 heterocycles. The lowest BCUT2D eigenvalue weighted by Crippen LogP contribution is -2.13. The van der Waals surface area contributed by atoms with Gasteiger partial charge in [0, 0.05) is 11.8 Å². The van der Waals surface area contributed by atoms with Gasteiger partial charge in [-0.25, -0.2) is 10.3 Å². The molecule has 0 bridgehead atoms. The molecule has 0 radical (unpaired) electrons. The van der Waals surface area contributed by atoms with E-state index < -0.39 is 5.97 Å². The Kier molecular flexibility index (Phi) is 4.18. The van der Waals surface area contributed by atoms with Crippen LogP contribution in [-0.2, 0) is 0 Å². The van der Waals surface area contributed by atoms with E-state index in [4.69, 9.17) is 9.94 Å². The molecule has 0 amide bonds. The molecule has 0 saturated carbocycles. The van der Waals surface area contributed by atoms with E-state index in [1.807, 2.05) is 30.3 Å². The fourth-order valence-electron chi connectivity index (χ4n) is 1.51. The lowest BCUT2D eigenvalue weighted by molar-refractivity contribution is 0.0697. The number of hydroxylamine groups is 1. The Morgan fingerprint density at radius 2 is 1.68 bits per heavy atom. The number of carboxylic acid groups (broad SMARTS) is 1. The van der Waals surface area contributed by atoms with Gasteiger partial charge in [-0.15, -0.1) is 0 Å². The zero-order chi connectivity index (χ0) is 13.5. The Morgan fingerprint density at radius 3 is 2.32 bits per heavy atom. The topological polar surface area (TPSA) is 58.6 Å². The molecule has 2 N–H and O–H groups in total. The predicted octanol–water partition coefficient (Wildman–Crippen LogP) is 2.94. The Balaban J connectivity index is 0.000000141. The van der Waals surface area contributed by atoms with Gasteiger partial charge in [-0.05, 0) is 24.3 Å². The van der Waals surface area contributed by atoms with Gasteiger partial charge in [0.15, 0.2) is 5.75 Å². The second kappa shape index (κ2) is 6.26. The minimum absolute atomic E-state index is 0.331. The molecule has 1 aliphatic rings. The summed E-state index contributed by atoms with van der Waals surface area (Å²) in [6, 6.07) is 16.2. The minimum Gasteiger partial charge on any atom is -0.478 e. The van der Waals surface area contributed by atoms with E-state index in [9.17, 15) is 4.79 Å². The van der Waals surface area contributed by atoms with Crippen LogP contribution in [0.1, 0.15) is 15.9 Å². The van der Waals surface area contributed by atoms with E-state index in [1.54, 1.807) is 36.5 Å². The summed E-state index contributed by atoms with van der Waals surface area (Å²) in [7, 11) is 0. The Labute approximate surface area is 110 Å². The zero-order valence-corrected chi connectivity index (χ0v) is 10.1. The summed E-state index contributed by atoms with van der Waals surface area (Å²) >= 11 is 0. The number of nitrogens with one attached hydrogen (secondary N) is 1. The van der Waals surface area contributed by atoms with E-state index in [2.05, 4.69) is 5.48 Å². The summed E-state index contributed by atoms with van der Waals surface area (Å²) in [6.07, 6.45) is 3.74. The monoisotopic (exact) mass is 255 g/mol. The molecule has 0 unspecified atom stereocenters. The maximum Gasteiger partial charge on any atom is 0.335 e. The first-order valence-electron chi connectivity index (χ1n) is 5.73. The molecule has 2 aromatic rings. The fourth-order valence-corrected chi connectivity index (χ4v) is 1.51. The molecule has 0 aromatic heterocycles. The normalized spacial score (nSPS) is 11.2. The van der Waals surface area contributed by atoms with Crippen LogP contribution in [-0.4, -0.2) is 11.1 Å². The third-order valence-electron chi connectivity index (χ3n) is 2.44. The van der Waals surface area contributed by atoms with Gasteiger partial charge >= 0.3 is 5.97 Å². The molecule has 4 heteroatoms. The molecule has 0 spiro atoms. The summed E-state index contributed by atoms with van der Waals surface area (Å²) in [5, 5.41) is 8.38. The first kappa shape index (κ1) is 12.7. The third-order valence-corrected chi connectivity index (χ3v) is 2.44.